The van der Waals surface area contributed by atoms with Crippen molar-refractivity contribution < 1.29 is 9.50 Å². The molecule has 0 aliphatic rings. The zero-order valence-electron chi connectivity index (χ0n) is 10.7. The third kappa shape index (κ3) is 3.80. The summed E-state index contributed by atoms with van der Waals surface area (Å²) in [6.07, 6.45) is 1.41. The minimum atomic E-state index is -0.174. The molecular weight excluding hydrogens is 241 g/mol. The summed E-state index contributed by atoms with van der Waals surface area (Å²) in [6, 6.07) is 13.9. The average Bonchev–Trinajstić information content (AvgIpc) is 2.43. The van der Waals surface area contributed by atoms with E-state index in [1.165, 1.54) is 6.07 Å². The topological polar surface area (TPSA) is 46.2 Å². The largest absolute Gasteiger partial charge is 0.508 e. The number of benzene rings is 2. The van der Waals surface area contributed by atoms with Crippen LogP contribution < -0.4 is 5.73 Å². The summed E-state index contributed by atoms with van der Waals surface area (Å²) in [6.45, 7) is 0.509. The molecule has 3 N–H and O–H groups in total. The Kier molecular flexibility index (Phi) is 4.53. The van der Waals surface area contributed by atoms with E-state index < -0.39 is 0 Å². The summed E-state index contributed by atoms with van der Waals surface area (Å²) in [5, 5.41) is 9.25. The lowest BCUT2D eigenvalue weighted by molar-refractivity contribution is 0.474. The van der Waals surface area contributed by atoms with Crippen LogP contribution >= 0.6 is 0 Å². The summed E-state index contributed by atoms with van der Waals surface area (Å²) in [4.78, 5) is 0. The maximum absolute atomic E-state index is 13.6. The van der Waals surface area contributed by atoms with Gasteiger partial charge in [-0.1, -0.05) is 30.3 Å². The fourth-order valence-electron chi connectivity index (χ4n) is 2.18. The maximum atomic E-state index is 13.6. The quantitative estimate of drug-likeness (QED) is 0.867. The van der Waals surface area contributed by atoms with Crippen molar-refractivity contribution in [2.75, 3.05) is 6.54 Å². The van der Waals surface area contributed by atoms with Crippen LogP contribution in [0, 0.1) is 11.7 Å². The lowest BCUT2D eigenvalue weighted by Crippen LogP contribution is -2.19. The minimum absolute atomic E-state index is 0.174. The molecule has 0 amide bonds. The van der Waals surface area contributed by atoms with Gasteiger partial charge >= 0.3 is 0 Å². The van der Waals surface area contributed by atoms with Gasteiger partial charge in [-0.05, 0) is 54.6 Å². The Morgan fingerprint density at radius 2 is 1.68 bits per heavy atom. The Hall–Kier alpha value is -1.87. The highest BCUT2D eigenvalue weighted by atomic mass is 19.1. The van der Waals surface area contributed by atoms with Crippen LogP contribution in [0.25, 0.3) is 0 Å². The molecular formula is C16H18FNO. The van der Waals surface area contributed by atoms with Gasteiger partial charge in [-0.15, -0.1) is 0 Å². The molecule has 0 saturated heterocycles. The summed E-state index contributed by atoms with van der Waals surface area (Å²) >= 11 is 0. The van der Waals surface area contributed by atoms with E-state index in [1.807, 2.05) is 18.2 Å². The molecule has 2 rings (SSSR count). The van der Waals surface area contributed by atoms with Crippen LogP contribution in [0.5, 0.6) is 5.75 Å². The number of phenols is 1. The number of nitrogens with two attached hydrogens (primary N) is 1. The highest BCUT2D eigenvalue weighted by Gasteiger charge is 2.11. The Morgan fingerprint density at radius 1 is 1.00 bits per heavy atom. The molecule has 0 saturated carbocycles. The smallest absolute Gasteiger partial charge is 0.126 e. The molecule has 1 unspecified atom stereocenters. The van der Waals surface area contributed by atoms with Crippen LogP contribution in [0.2, 0.25) is 0 Å². The van der Waals surface area contributed by atoms with Gasteiger partial charge in [0.05, 0.1) is 0 Å². The molecule has 0 radical (unpaired) electrons. The Bertz CT molecular complexity index is 525. The van der Waals surface area contributed by atoms with Crippen molar-refractivity contribution in [2.24, 2.45) is 11.7 Å². The second kappa shape index (κ2) is 6.34. The second-order valence-electron chi connectivity index (χ2n) is 4.77. The molecule has 2 aromatic rings. The van der Waals surface area contributed by atoms with Gasteiger partial charge in [-0.25, -0.2) is 4.39 Å². The van der Waals surface area contributed by atoms with Gasteiger partial charge in [0.1, 0.15) is 11.6 Å². The van der Waals surface area contributed by atoms with Crippen LogP contribution in [0.4, 0.5) is 4.39 Å². The first-order chi connectivity index (χ1) is 9.19. The molecule has 100 valence electrons. The monoisotopic (exact) mass is 259 g/mol. The van der Waals surface area contributed by atoms with Gasteiger partial charge in [0, 0.05) is 0 Å². The van der Waals surface area contributed by atoms with E-state index in [0.29, 0.717) is 18.5 Å². The first-order valence-corrected chi connectivity index (χ1v) is 6.40. The molecule has 0 aliphatic heterocycles. The first-order valence-electron chi connectivity index (χ1n) is 6.40. The molecule has 0 bridgehead atoms. The Labute approximate surface area is 112 Å². The van der Waals surface area contributed by atoms with E-state index in [-0.39, 0.29) is 17.5 Å². The highest BCUT2D eigenvalue weighted by molar-refractivity contribution is 5.26. The third-order valence-electron chi connectivity index (χ3n) is 3.26. The molecule has 19 heavy (non-hydrogen) atoms. The van der Waals surface area contributed by atoms with Crippen LogP contribution in [0.1, 0.15) is 11.1 Å². The van der Waals surface area contributed by atoms with Crippen molar-refractivity contribution >= 4 is 0 Å². The van der Waals surface area contributed by atoms with Crippen LogP contribution in [-0.2, 0) is 12.8 Å². The summed E-state index contributed by atoms with van der Waals surface area (Å²) in [7, 11) is 0. The maximum Gasteiger partial charge on any atom is 0.126 e. The molecule has 3 heteroatoms. The molecule has 2 aromatic carbocycles. The van der Waals surface area contributed by atoms with Crippen molar-refractivity contribution in [1.29, 1.82) is 0 Å². The fraction of sp³-hybridized carbons (Fsp3) is 0.250. The number of phenolic OH excluding ortho intramolecular Hbond substituents is 1. The molecule has 0 aromatic heterocycles. The van der Waals surface area contributed by atoms with Crippen molar-refractivity contribution in [3.05, 3.63) is 65.5 Å². The molecule has 0 spiro atoms. The van der Waals surface area contributed by atoms with Crippen molar-refractivity contribution in [2.45, 2.75) is 12.8 Å². The molecule has 0 fully saturated rings. The Morgan fingerprint density at radius 3 is 2.32 bits per heavy atom. The zero-order chi connectivity index (χ0) is 13.7. The van der Waals surface area contributed by atoms with E-state index in [1.54, 1.807) is 24.3 Å². The standard InChI is InChI=1S/C16H18FNO/c17-16-4-2-1-3-14(16)10-13(11-18)9-12-5-7-15(19)8-6-12/h1-8,13,19H,9-11,18H2. The predicted octanol–water partition coefficient (Wildman–Crippen LogP) is 2.89. The number of hydrogen-bond acceptors (Lipinski definition) is 2. The molecule has 1 atom stereocenters. The van der Waals surface area contributed by atoms with Crippen LogP contribution in [0.15, 0.2) is 48.5 Å². The highest BCUT2D eigenvalue weighted by Crippen LogP contribution is 2.18. The van der Waals surface area contributed by atoms with Gasteiger partial charge in [0.2, 0.25) is 0 Å². The van der Waals surface area contributed by atoms with Gasteiger partial charge in [0.25, 0.3) is 0 Å². The average molecular weight is 259 g/mol. The van der Waals surface area contributed by atoms with E-state index in [9.17, 15) is 9.50 Å². The summed E-state index contributed by atoms with van der Waals surface area (Å²) < 4.78 is 13.6. The first kappa shape index (κ1) is 13.6. The zero-order valence-corrected chi connectivity index (χ0v) is 10.7. The van der Waals surface area contributed by atoms with E-state index >= 15 is 0 Å². The van der Waals surface area contributed by atoms with E-state index in [4.69, 9.17) is 5.73 Å². The lowest BCUT2D eigenvalue weighted by atomic mass is 9.92. The molecule has 2 nitrogen and oxygen atoms in total. The van der Waals surface area contributed by atoms with Gasteiger partial charge < -0.3 is 10.8 Å². The normalized spacial score (nSPS) is 12.3. The van der Waals surface area contributed by atoms with Crippen molar-refractivity contribution in [3.63, 3.8) is 0 Å². The number of halogens is 1. The predicted molar refractivity (Wildman–Crippen MR) is 74.5 cm³/mol. The Balaban J connectivity index is 2.05. The SMILES string of the molecule is NCC(Cc1ccc(O)cc1)Cc1ccccc1F. The van der Waals surface area contributed by atoms with Crippen molar-refractivity contribution in [1.82, 2.24) is 0 Å². The lowest BCUT2D eigenvalue weighted by Gasteiger charge is -2.15. The van der Waals surface area contributed by atoms with Crippen LogP contribution in [0.3, 0.4) is 0 Å². The second-order valence-corrected chi connectivity index (χ2v) is 4.77. The van der Waals surface area contributed by atoms with Gasteiger partial charge in [-0.2, -0.15) is 0 Å². The number of rotatable bonds is 5. The van der Waals surface area contributed by atoms with Gasteiger partial charge in [-0.3, -0.25) is 0 Å². The minimum Gasteiger partial charge on any atom is -0.508 e. The van der Waals surface area contributed by atoms with Crippen LogP contribution in [-0.4, -0.2) is 11.7 Å². The van der Waals surface area contributed by atoms with Crippen molar-refractivity contribution in [3.8, 4) is 5.75 Å². The summed E-state index contributed by atoms with van der Waals surface area (Å²) in [5.74, 6) is 0.273. The van der Waals surface area contributed by atoms with Gasteiger partial charge in [0.15, 0.2) is 0 Å². The number of hydrogen-bond donors (Lipinski definition) is 2. The number of aromatic hydroxyl groups is 1. The fourth-order valence-corrected chi connectivity index (χ4v) is 2.18. The van der Waals surface area contributed by atoms with E-state index in [0.717, 1.165) is 12.0 Å². The molecule has 0 heterocycles. The summed E-state index contributed by atoms with van der Waals surface area (Å²) in [5.41, 5.74) is 7.58. The van der Waals surface area contributed by atoms with E-state index in [2.05, 4.69) is 0 Å². The third-order valence-corrected chi connectivity index (χ3v) is 3.26. The molecule has 0 aliphatic carbocycles.